The molecule has 2 aromatic rings. The minimum absolute atomic E-state index is 0.103. The third-order valence-corrected chi connectivity index (χ3v) is 11.1. The van der Waals surface area contributed by atoms with Crippen molar-refractivity contribution < 1.29 is 14.6 Å². The minimum Gasteiger partial charge on any atom is -0.407 e. The van der Waals surface area contributed by atoms with Crippen LogP contribution in [-0.2, 0) is 4.43 Å². The van der Waals surface area contributed by atoms with E-state index in [9.17, 15) is 10.2 Å². The summed E-state index contributed by atoms with van der Waals surface area (Å²) in [6, 6.07) is 21.0. The highest BCUT2D eigenvalue weighted by Crippen LogP contribution is 2.37. The molecule has 0 heterocycles. The fraction of sp³-hybridized carbons (Fsp3) is 0.462. The van der Waals surface area contributed by atoms with E-state index in [0.29, 0.717) is 13.0 Å². The fourth-order valence-electron chi connectivity index (χ4n) is 4.25. The molecule has 3 nitrogen and oxygen atoms in total. The molecule has 0 aliphatic carbocycles. The number of aliphatic hydroxyl groups is 2. The molecule has 4 atom stereocenters. The van der Waals surface area contributed by atoms with Crippen molar-refractivity contribution in [1.29, 1.82) is 0 Å². The van der Waals surface area contributed by atoms with Crippen LogP contribution in [0, 0.1) is 11.8 Å². The Labute approximate surface area is 183 Å². The predicted octanol–water partition coefficient (Wildman–Crippen LogP) is 4.13. The van der Waals surface area contributed by atoms with Crippen molar-refractivity contribution in [2.24, 2.45) is 11.8 Å². The first-order chi connectivity index (χ1) is 14.1. The van der Waals surface area contributed by atoms with E-state index in [1.54, 1.807) is 6.08 Å². The van der Waals surface area contributed by atoms with E-state index in [2.05, 4.69) is 75.9 Å². The van der Waals surface area contributed by atoms with E-state index in [1.807, 2.05) is 26.0 Å². The maximum atomic E-state index is 10.9. The topological polar surface area (TPSA) is 49.7 Å². The number of hydrogen-bond acceptors (Lipinski definition) is 3. The van der Waals surface area contributed by atoms with Crippen molar-refractivity contribution in [1.82, 2.24) is 0 Å². The molecule has 0 unspecified atom stereocenters. The number of rotatable bonds is 10. The number of aliphatic hydroxyl groups excluding tert-OH is 2. The van der Waals surface area contributed by atoms with Crippen LogP contribution in [0.2, 0.25) is 5.04 Å². The van der Waals surface area contributed by atoms with E-state index >= 15 is 0 Å². The lowest BCUT2D eigenvalue weighted by atomic mass is 9.88. The molecule has 0 spiro atoms. The molecular weight excluding hydrogens is 388 g/mol. The first kappa shape index (κ1) is 24.5. The van der Waals surface area contributed by atoms with Crippen molar-refractivity contribution in [3.05, 3.63) is 73.3 Å². The monoisotopic (exact) mass is 426 g/mol. The summed E-state index contributed by atoms with van der Waals surface area (Å²) < 4.78 is 6.92. The van der Waals surface area contributed by atoms with Crippen molar-refractivity contribution in [2.45, 2.75) is 58.3 Å². The van der Waals surface area contributed by atoms with E-state index < -0.39 is 20.5 Å². The normalized spacial score (nSPS) is 16.5. The van der Waals surface area contributed by atoms with Gasteiger partial charge in [0.15, 0.2) is 0 Å². The Morgan fingerprint density at radius 3 is 1.80 bits per heavy atom. The molecule has 2 rings (SSSR count). The van der Waals surface area contributed by atoms with Gasteiger partial charge in [-0.3, -0.25) is 0 Å². The van der Waals surface area contributed by atoms with Gasteiger partial charge in [-0.25, -0.2) is 0 Å². The number of benzene rings is 2. The first-order valence-corrected chi connectivity index (χ1v) is 12.8. The summed E-state index contributed by atoms with van der Waals surface area (Å²) in [5.41, 5.74) is 0. The smallest absolute Gasteiger partial charge is 0.261 e. The van der Waals surface area contributed by atoms with Gasteiger partial charge in [0.05, 0.1) is 12.2 Å². The second-order valence-corrected chi connectivity index (χ2v) is 13.7. The van der Waals surface area contributed by atoms with Gasteiger partial charge < -0.3 is 14.6 Å². The SMILES string of the molecule is C=CC[C@H](O)[C@H](C)[C@@H](O)[C@H](C)CO[Si](c1ccccc1)(c1ccccc1)C(C)(C)C. The molecule has 0 aliphatic heterocycles. The van der Waals surface area contributed by atoms with Gasteiger partial charge >= 0.3 is 0 Å². The van der Waals surface area contributed by atoms with Crippen molar-refractivity contribution in [3.8, 4) is 0 Å². The van der Waals surface area contributed by atoms with Crippen LogP contribution < -0.4 is 10.4 Å². The summed E-state index contributed by atoms with van der Waals surface area (Å²) in [5, 5.41) is 23.5. The molecule has 0 fully saturated rings. The first-order valence-electron chi connectivity index (χ1n) is 10.9. The van der Waals surface area contributed by atoms with Crippen LogP contribution >= 0.6 is 0 Å². The highest BCUT2D eigenvalue weighted by atomic mass is 28.4. The number of hydrogen-bond donors (Lipinski definition) is 2. The highest BCUT2D eigenvalue weighted by Gasteiger charge is 2.50. The second kappa shape index (κ2) is 10.5. The van der Waals surface area contributed by atoms with Crippen LogP contribution in [0.25, 0.3) is 0 Å². The Balaban J connectivity index is 2.38. The van der Waals surface area contributed by atoms with E-state index in [-0.39, 0.29) is 16.9 Å². The van der Waals surface area contributed by atoms with Gasteiger partial charge in [-0.1, -0.05) is 101 Å². The van der Waals surface area contributed by atoms with Gasteiger partial charge in [0.2, 0.25) is 0 Å². The molecule has 0 saturated carbocycles. The van der Waals surface area contributed by atoms with E-state index in [1.165, 1.54) is 10.4 Å². The Kier molecular flexibility index (Phi) is 8.62. The Morgan fingerprint density at radius 1 is 0.933 bits per heavy atom. The summed E-state index contributed by atoms with van der Waals surface area (Å²) >= 11 is 0. The Morgan fingerprint density at radius 2 is 1.40 bits per heavy atom. The highest BCUT2D eigenvalue weighted by molar-refractivity contribution is 6.99. The molecular formula is C26H38O3Si. The largest absolute Gasteiger partial charge is 0.407 e. The molecule has 164 valence electrons. The molecule has 0 saturated heterocycles. The average Bonchev–Trinajstić information content (AvgIpc) is 2.73. The van der Waals surface area contributed by atoms with Crippen LogP contribution in [-0.4, -0.2) is 37.3 Å². The summed E-state index contributed by atoms with van der Waals surface area (Å²) in [6.07, 6.45) is 0.906. The van der Waals surface area contributed by atoms with Gasteiger partial charge in [0.25, 0.3) is 8.32 Å². The Bertz CT molecular complexity index is 730. The Hall–Kier alpha value is -1.72. The summed E-state index contributed by atoms with van der Waals surface area (Å²) in [6.45, 7) is 14.7. The lowest BCUT2D eigenvalue weighted by Crippen LogP contribution is -2.67. The molecule has 0 radical (unpaired) electrons. The van der Waals surface area contributed by atoms with Crippen molar-refractivity contribution >= 4 is 18.7 Å². The lowest BCUT2D eigenvalue weighted by Gasteiger charge is -2.44. The standard InChI is InChI=1S/C26H38O3Si/c1-7-14-24(27)21(3)25(28)20(2)19-29-30(26(4,5)6,22-15-10-8-11-16-22)23-17-12-9-13-18-23/h7-13,15-18,20-21,24-25,27-28H,1,14,19H2,2-6H3/t20-,21+,24+,25+/m1/s1. The summed E-state index contributed by atoms with van der Waals surface area (Å²) in [7, 11) is -2.62. The maximum Gasteiger partial charge on any atom is 0.261 e. The summed E-state index contributed by atoms with van der Waals surface area (Å²) in [5.74, 6) is -0.359. The maximum absolute atomic E-state index is 10.9. The third-order valence-electron chi connectivity index (χ3n) is 6.12. The van der Waals surface area contributed by atoms with Crippen molar-refractivity contribution in [3.63, 3.8) is 0 Å². The van der Waals surface area contributed by atoms with Crippen LogP contribution in [0.4, 0.5) is 0 Å². The molecule has 2 aromatic carbocycles. The predicted molar refractivity (Wildman–Crippen MR) is 129 cm³/mol. The molecule has 4 heteroatoms. The third kappa shape index (κ3) is 5.30. The average molecular weight is 427 g/mol. The van der Waals surface area contributed by atoms with Gasteiger partial charge in [-0.15, -0.1) is 6.58 Å². The van der Waals surface area contributed by atoms with E-state index in [0.717, 1.165) is 0 Å². The minimum atomic E-state index is -2.62. The zero-order valence-corrected chi connectivity index (χ0v) is 20.1. The molecule has 0 aliphatic rings. The van der Waals surface area contributed by atoms with Gasteiger partial charge in [0, 0.05) is 18.4 Å². The van der Waals surface area contributed by atoms with Crippen LogP contribution in [0.5, 0.6) is 0 Å². The van der Waals surface area contributed by atoms with Gasteiger partial charge in [0.1, 0.15) is 0 Å². The zero-order valence-electron chi connectivity index (χ0n) is 19.1. The molecule has 0 amide bonds. The molecule has 0 bridgehead atoms. The fourth-order valence-corrected chi connectivity index (χ4v) is 8.92. The lowest BCUT2D eigenvalue weighted by molar-refractivity contribution is -0.0162. The molecule has 2 N–H and O–H groups in total. The van der Waals surface area contributed by atoms with Crippen LogP contribution in [0.3, 0.4) is 0 Å². The zero-order chi connectivity index (χ0) is 22.4. The molecule has 30 heavy (non-hydrogen) atoms. The summed E-state index contributed by atoms with van der Waals surface area (Å²) in [4.78, 5) is 0. The van der Waals surface area contributed by atoms with Gasteiger partial charge in [-0.05, 0) is 21.8 Å². The van der Waals surface area contributed by atoms with Crippen LogP contribution in [0.1, 0.15) is 41.0 Å². The quantitative estimate of drug-likeness (QED) is 0.444. The van der Waals surface area contributed by atoms with Crippen LogP contribution in [0.15, 0.2) is 73.3 Å². The molecule has 0 aromatic heterocycles. The van der Waals surface area contributed by atoms with E-state index in [4.69, 9.17) is 4.43 Å². The van der Waals surface area contributed by atoms with Crippen molar-refractivity contribution in [2.75, 3.05) is 6.61 Å². The second-order valence-electron chi connectivity index (χ2n) is 9.39. The van der Waals surface area contributed by atoms with Gasteiger partial charge in [-0.2, -0.15) is 0 Å².